The number of nitrogens with zero attached hydrogens (tertiary/aromatic N) is 2. The van der Waals surface area contributed by atoms with Gasteiger partial charge in [-0.05, 0) is 6.04 Å². The maximum absolute atomic E-state index is 5.61. The number of aromatic nitrogens is 2. The first-order valence-corrected chi connectivity index (χ1v) is 9.00. The molecule has 1 heterocycles. The molecule has 4 nitrogen and oxygen atoms in total. The Labute approximate surface area is 92.7 Å². The molecule has 0 aromatic carbocycles. The van der Waals surface area contributed by atoms with Gasteiger partial charge in [0.1, 0.15) is 6.73 Å². The Hall–Kier alpha value is -0.813. The second-order valence-corrected chi connectivity index (χ2v) is 10.4. The topological polar surface area (TPSA) is 39.1 Å². The monoisotopic (exact) mass is 227 g/mol. The van der Waals surface area contributed by atoms with Crippen molar-refractivity contribution in [2.75, 3.05) is 19.0 Å². The molecule has 15 heavy (non-hydrogen) atoms. The number of rotatable bonds is 6. The summed E-state index contributed by atoms with van der Waals surface area (Å²) in [5.74, 6) is 0.850. The van der Waals surface area contributed by atoms with Crippen LogP contribution in [0.5, 0.6) is 0 Å². The zero-order valence-corrected chi connectivity index (χ0v) is 11.1. The molecule has 5 heteroatoms. The van der Waals surface area contributed by atoms with Crippen LogP contribution in [-0.2, 0) is 11.5 Å². The normalized spacial score (nSPS) is 11.7. The van der Waals surface area contributed by atoms with Crippen molar-refractivity contribution in [1.82, 2.24) is 9.55 Å². The highest BCUT2D eigenvalue weighted by Crippen LogP contribution is 2.08. The summed E-state index contributed by atoms with van der Waals surface area (Å²) in [5.41, 5.74) is 0. The van der Waals surface area contributed by atoms with E-state index in [-0.39, 0.29) is 0 Å². The standard InChI is InChI=1S/C10H21N3OSi/c1-11-10-12-5-6-13(10)9-14-7-8-15(2,3)4/h5-6H,7-9H2,1-4H3,(H,11,12). The van der Waals surface area contributed by atoms with Gasteiger partial charge in [0.05, 0.1) is 0 Å². The molecule has 0 amide bonds. The molecular weight excluding hydrogens is 206 g/mol. The quantitative estimate of drug-likeness (QED) is 0.598. The molecule has 0 aliphatic carbocycles. The van der Waals surface area contributed by atoms with Crippen molar-refractivity contribution in [2.45, 2.75) is 32.4 Å². The molecule has 0 aliphatic heterocycles. The average molecular weight is 227 g/mol. The molecule has 0 saturated heterocycles. The number of imidazole rings is 1. The highest BCUT2D eigenvalue weighted by Gasteiger charge is 2.12. The highest BCUT2D eigenvalue weighted by molar-refractivity contribution is 6.76. The maximum Gasteiger partial charge on any atom is 0.204 e. The molecule has 0 fully saturated rings. The fourth-order valence-electron chi connectivity index (χ4n) is 1.18. The van der Waals surface area contributed by atoms with Gasteiger partial charge in [0.25, 0.3) is 0 Å². The van der Waals surface area contributed by atoms with Crippen LogP contribution in [0.25, 0.3) is 0 Å². The van der Waals surface area contributed by atoms with Gasteiger partial charge in [-0.3, -0.25) is 4.57 Å². The second kappa shape index (κ2) is 5.32. The van der Waals surface area contributed by atoms with Crippen molar-refractivity contribution in [2.24, 2.45) is 0 Å². The molecule has 1 N–H and O–H groups in total. The Bertz CT molecular complexity index is 293. The molecule has 0 spiro atoms. The van der Waals surface area contributed by atoms with Crippen LogP contribution in [0.15, 0.2) is 12.4 Å². The summed E-state index contributed by atoms with van der Waals surface area (Å²) >= 11 is 0. The van der Waals surface area contributed by atoms with E-state index in [1.54, 1.807) is 6.20 Å². The highest BCUT2D eigenvalue weighted by atomic mass is 28.3. The Morgan fingerprint density at radius 1 is 1.47 bits per heavy atom. The Kier molecular flexibility index (Phi) is 4.35. The van der Waals surface area contributed by atoms with Gasteiger partial charge in [0.2, 0.25) is 5.95 Å². The zero-order chi connectivity index (χ0) is 11.3. The number of hydrogen-bond donors (Lipinski definition) is 1. The molecule has 1 aromatic rings. The molecule has 0 unspecified atom stereocenters. The summed E-state index contributed by atoms with van der Waals surface area (Å²) < 4.78 is 7.58. The maximum atomic E-state index is 5.61. The Morgan fingerprint density at radius 2 is 2.20 bits per heavy atom. The van der Waals surface area contributed by atoms with Crippen LogP contribution in [0.3, 0.4) is 0 Å². The second-order valence-electron chi connectivity index (χ2n) is 4.82. The van der Waals surface area contributed by atoms with E-state index in [2.05, 4.69) is 29.9 Å². The first-order chi connectivity index (χ1) is 7.03. The van der Waals surface area contributed by atoms with Gasteiger partial charge < -0.3 is 10.1 Å². The number of anilines is 1. The molecule has 1 aromatic heterocycles. The summed E-state index contributed by atoms with van der Waals surface area (Å²) in [6.07, 6.45) is 3.69. The van der Waals surface area contributed by atoms with Crippen LogP contribution < -0.4 is 5.32 Å². The van der Waals surface area contributed by atoms with Gasteiger partial charge >= 0.3 is 0 Å². The minimum absolute atomic E-state index is 0.584. The van der Waals surface area contributed by atoms with Gasteiger partial charge in [-0.2, -0.15) is 0 Å². The lowest BCUT2D eigenvalue weighted by Gasteiger charge is -2.15. The van der Waals surface area contributed by atoms with Crippen molar-refractivity contribution in [1.29, 1.82) is 0 Å². The third kappa shape index (κ3) is 4.48. The summed E-state index contributed by atoms with van der Waals surface area (Å²) in [6, 6.07) is 1.20. The van der Waals surface area contributed by atoms with E-state index >= 15 is 0 Å². The first-order valence-electron chi connectivity index (χ1n) is 5.29. The third-order valence-electron chi connectivity index (χ3n) is 2.17. The largest absolute Gasteiger partial charge is 0.361 e. The van der Waals surface area contributed by atoms with Crippen molar-refractivity contribution in [3.05, 3.63) is 12.4 Å². The van der Waals surface area contributed by atoms with Gasteiger partial charge in [-0.15, -0.1) is 0 Å². The van der Waals surface area contributed by atoms with Crippen LogP contribution in [0, 0.1) is 0 Å². The van der Waals surface area contributed by atoms with Crippen molar-refractivity contribution < 1.29 is 4.74 Å². The van der Waals surface area contributed by atoms with Gasteiger partial charge in [-0.1, -0.05) is 19.6 Å². The Balaban J connectivity index is 2.26. The van der Waals surface area contributed by atoms with Crippen LogP contribution in [0.2, 0.25) is 25.7 Å². The number of ether oxygens (including phenoxy) is 1. The zero-order valence-electron chi connectivity index (χ0n) is 10.1. The molecule has 0 atom stereocenters. The van der Waals surface area contributed by atoms with E-state index in [4.69, 9.17) is 4.74 Å². The lowest BCUT2D eigenvalue weighted by atomic mass is 10.8. The summed E-state index contributed by atoms with van der Waals surface area (Å²) in [7, 11) is 0.895. The van der Waals surface area contributed by atoms with Gasteiger partial charge in [0.15, 0.2) is 0 Å². The van der Waals surface area contributed by atoms with Crippen molar-refractivity contribution in [3.63, 3.8) is 0 Å². The van der Waals surface area contributed by atoms with E-state index in [1.165, 1.54) is 6.04 Å². The summed E-state index contributed by atoms with van der Waals surface area (Å²) in [6.45, 7) is 8.49. The van der Waals surface area contributed by atoms with Crippen LogP contribution in [0.1, 0.15) is 0 Å². The van der Waals surface area contributed by atoms with Gasteiger partial charge in [0, 0.05) is 34.1 Å². The summed E-state index contributed by atoms with van der Waals surface area (Å²) in [5, 5.41) is 3.01. The lowest BCUT2D eigenvalue weighted by Crippen LogP contribution is -2.22. The molecule has 86 valence electrons. The van der Waals surface area contributed by atoms with Crippen molar-refractivity contribution >= 4 is 14.0 Å². The van der Waals surface area contributed by atoms with E-state index in [1.807, 2.05) is 17.8 Å². The van der Waals surface area contributed by atoms with Crippen LogP contribution >= 0.6 is 0 Å². The van der Waals surface area contributed by atoms with E-state index in [0.717, 1.165) is 12.6 Å². The molecule has 0 radical (unpaired) electrons. The molecule has 0 saturated carbocycles. The average Bonchev–Trinajstić information content (AvgIpc) is 2.58. The fraction of sp³-hybridized carbons (Fsp3) is 0.700. The lowest BCUT2D eigenvalue weighted by molar-refractivity contribution is 0.0885. The predicted octanol–water partition coefficient (Wildman–Crippen LogP) is 2.24. The first kappa shape index (κ1) is 12.3. The summed E-state index contributed by atoms with van der Waals surface area (Å²) in [4.78, 5) is 4.14. The number of hydrogen-bond acceptors (Lipinski definition) is 3. The number of nitrogens with one attached hydrogen (secondary N) is 1. The third-order valence-corrected chi connectivity index (χ3v) is 3.87. The van der Waals surface area contributed by atoms with E-state index in [0.29, 0.717) is 6.73 Å². The molecule has 0 aliphatic rings. The minimum Gasteiger partial charge on any atom is -0.361 e. The molecular formula is C10H21N3OSi. The smallest absolute Gasteiger partial charge is 0.204 e. The van der Waals surface area contributed by atoms with Crippen LogP contribution in [-0.4, -0.2) is 31.3 Å². The van der Waals surface area contributed by atoms with E-state index < -0.39 is 8.07 Å². The van der Waals surface area contributed by atoms with Crippen LogP contribution in [0.4, 0.5) is 5.95 Å². The molecule has 0 bridgehead atoms. The van der Waals surface area contributed by atoms with E-state index in [9.17, 15) is 0 Å². The fourth-order valence-corrected chi connectivity index (χ4v) is 1.94. The SMILES string of the molecule is CNc1nccn1COCC[Si](C)(C)C. The van der Waals surface area contributed by atoms with Crippen molar-refractivity contribution in [3.8, 4) is 0 Å². The Morgan fingerprint density at radius 3 is 2.80 bits per heavy atom. The van der Waals surface area contributed by atoms with Gasteiger partial charge in [-0.25, -0.2) is 4.98 Å². The molecule has 1 rings (SSSR count). The predicted molar refractivity (Wildman–Crippen MR) is 65.9 cm³/mol. The minimum atomic E-state index is -0.967.